The van der Waals surface area contributed by atoms with Crippen molar-refractivity contribution in [3.8, 4) is 5.75 Å². The van der Waals surface area contributed by atoms with Gasteiger partial charge in [0.15, 0.2) is 0 Å². The Kier molecular flexibility index (Phi) is 6.21. The van der Waals surface area contributed by atoms with Gasteiger partial charge in [0.1, 0.15) is 5.75 Å². The molecule has 0 radical (unpaired) electrons. The van der Waals surface area contributed by atoms with Gasteiger partial charge in [-0.1, -0.05) is 24.3 Å². The molecule has 2 aromatic carbocycles. The number of hydrogen-bond donors (Lipinski definition) is 2. The van der Waals surface area contributed by atoms with Crippen molar-refractivity contribution in [3.63, 3.8) is 0 Å². The van der Waals surface area contributed by atoms with E-state index in [4.69, 9.17) is 4.74 Å². The van der Waals surface area contributed by atoms with Gasteiger partial charge in [-0.3, -0.25) is 9.59 Å². The molecule has 0 aromatic heterocycles. The molecule has 5 nitrogen and oxygen atoms in total. The van der Waals surface area contributed by atoms with E-state index in [9.17, 15) is 22.8 Å². The number of anilines is 1. The first-order valence-electron chi connectivity index (χ1n) is 7.64. The Morgan fingerprint density at radius 3 is 2.35 bits per heavy atom. The Morgan fingerprint density at radius 2 is 1.73 bits per heavy atom. The molecule has 2 aromatic rings. The zero-order valence-corrected chi connectivity index (χ0v) is 13.9. The number of nitrogens with one attached hydrogen (secondary N) is 2. The Hall–Kier alpha value is -3.03. The highest BCUT2D eigenvalue weighted by Crippen LogP contribution is 2.18. The summed E-state index contributed by atoms with van der Waals surface area (Å²) in [5, 5.41) is 4.48. The Balaban J connectivity index is 1.85. The zero-order chi connectivity index (χ0) is 19.2. The molecule has 2 N–H and O–H groups in total. The van der Waals surface area contributed by atoms with Crippen LogP contribution in [-0.2, 0) is 22.6 Å². The number of methoxy groups -OCH3 is 1. The Bertz CT molecular complexity index is 774. The van der Waals surface area contributed by atoms with Crippen molar-refractivity contribution in [2.75, 3.05) is 12.4 Å². The van der Waals surface area contributed by atoms with Crippen LogP contribution in [0.15, 0.2) is 48.5 Å². The normalized spacial score (nSPS) is 10.9. The van der Waals surface area contributed by atoms with Crippen molar-refractivity contribution in [2.24, 2.45) is 0 Å². The molecule has 0 fully saturated rings. The van der Waals surface area contributed by atoms with Crippen LogP contribution >= 0.6 is 0 Å². The van der Waals surface area contributed by atoms with Crippen LogP contribution in [0, 0.1) is 0 Å². The second-order valence-electron chi connectivity index (χ2n) is 5.45. The van der Waals surface area contributed by atoms with Gasteiger partial charge >= 0.3 is 12.1 Å². The van der Waals surface area contributed by atoms with E-state index in [2.05, 4.69) is 5.32 Å². The van der Waals surface area contributed by atoms with Crippen molar-refractivity contribution in [1.82, 2.24) is 5.32 Å². The third kappa shape index (κ3) is 5.80. The minimum absolute atomic E-state index is 0.0267. The van der Waals surface area contributed by atoms with Gasteiger partial charge in [0.05, 0.1) is 13.5 Å². The molecule has 0 heterocycles. The molecular formula is C18H17F3N2O3. The summed E-state index contributed by atoms with van der Waals surface area (Å²) < 4.78 is 41.6. The van der Waals surface area contributed by atoms with Crippen LogP contribution in [0.2, 0.25) is 0 Å². The van der Waals surface area contributed by atoms with Crippen molar-refractivity contribution in [1.29, 1.82) is 0 Å². The second kappa shape index (κ2) is 8.37. The zero-order valence-electron chi connectivity index (χ0n) is 13.9. The highest BCUT2D eigenvalue weighted by molar-refractivity contribution is 5.94. The minimum Gasteiger partial charge on any atom is -0.497 e. The standard InChI is InChI=1S/C18H17F3N2O3/c1-26-15-4-2-3-13(9-15)10-16(24)22-11-12-5-7-14(8-6-12)23-17(25)18(19,20)21/h2-9H,10-11H2,1H3,(H,22,24)(H,23,25). The van der Waals surface area contributed by atoms with Gasteiger partial charge in [0, 0.05) is 12.2 Å². The predicted molar refractivity (Wildman–Crippen MR) is 89.7 cm³/mol. The molecule has 0 unspecified atom stereocenters. The van der Waals surface area contributed by atoms with Crippen molar-refractivity contribution in [3.05, 3.63) is 59.7 Å². The lowest BCUT2D eigenvalue weighted by molar-refractivity contribution is -0.167. The first kappa shape index (κ1) is 19.3. The number of carbonyl (C=O) groups excluding carboxylic acids is 2. The molecule has 0 aliphatic carbocycles. The number of carbonyl (C=O) groups is 2. The lowest BCUT2D eigenvalue weighted by Gasteiger charge is -2.09. The number of alkyl halides is 3. The van der Waals surface area contributed by atoms with E-state index < -0.39 is 12.1 Å². The molecule has 0 atom stereocenters. The van der Waals surface area contributed by atoms with Gasteiger partial charge in [-0.05, 0) is 35.4 Å². The Labute approximate surface area is 148 Å². The molecule has 0 aliphatic heterocycles. The van der Waals surface area contributed by atoms with Gasteiger partial charge in [-0.25, -0.2) is 0 Å². The summed E-state index contributed by atoms with van der Waals surface area (Å²) in [5.41, 5.74) is 1.51. The van der Waals surface area contributed by atoms with Gasteiger partial charge in [0.2, 0.25) is 5.91 Å². The van der Waals surface area contributed by atoms with E-state index in [1.807, 2.05) is 0 Å². The number of rotatable bonds is 6. The highest BCUT2D eigenvalue weighted by Gasteiger charge is 2.38. The number of benzene rings is 2. The van der Waals surface area contributed by atoms with E-state index in [0.717, 1.165) is 5.56 Å². The maximum atomic E-state index is 12.2. The van der Waals surface area contributed by atoms with Crippen LogP contribution in [0.25, 0.3) is 0 Å². The lowest BCUT2D eigenvalue weighted by atomic mass is 10.1. The SMILES string of the molecule is COc1cccc(CC(=O)NCc2ccc(NC(=O)C(F)(F)F)cc2)c1. The van der Waals surface area contributed by atoms with Crippen LogP contribution < -0.4 is 15.4 Å². The van der Waals surface area contributed by atoms with Gasteiger partial charge in [-0.2, -0.15) is 13.2 Å². The van der Waals surface area contributed by atoms with Crippen LogP contribution in [0.4, 0.5) is 18.9 Å². The molecule has 0 saturated carbocycles. The predicted octanol–water partition coefficient (Wildman–Crippen LogP) is 3.05. The van der Waals surface area contributed by atoms with E-state index in [-0.39, 0.29) is 24.6 Å². The summed E-state index contributed by atoms with van der Waals surface area (Å²) >= 11 is 0. The molecule has 2 amide bonds. The number of ether oxygens (including phenoxy) is 1. The molecule has 138 valence electrons. The Morgan fingerprint density at radius 1 is 1.04 bits per heavy atom. The largest absolute Gasteiger partial charge is 0.497 e. The smallest absolute Gasteiger partial charge is 0.471 e. The topological polar surface area (TPSA) is 67.4 Å². The van der Waals surface area contributed by atoms with Crippen molar-refractivity contribution in [2.45, 2.75) is 19.1 Å². The summed E-state index contributed by atoms with van der Waals surface area (Å²) in [7, 11) is 1.54. The minimum atomic E-state index is -4.94. The summed E-state index contributed by atoms with van der Waals surface area (Å²) in [6, 6.07) is 12.9. The maximum Gasteiger partial charge on any atom is 0.471 e. The highest BCUT2D eigenvalue weighted by atomic mass is 19.4. The average Bonchev–Trinajstić information content (AvgIpc) is 2.60. The lowest BCUT2D eigenvalue weighted by Crippen LogP contribution is -2.29. The van der Waals surface area contributed by atoms with Crippen LogP contribution in [0.5, 0.6) is 5.75 Å². The number of halogens is 3. The van der Waals surface area contributed by atoms with Crippen molar-refractivity contribution >= 4 is 17.5 Å². The van der Waals surface area contributed by atoms with Gasteiger partial charge in [-0.15, -0.1) is 0 Å². The quantitative estimate of drug-likeness (QED) is 0.826. The molecular weight excluding hydrogens is 349 g/mol. The summed E-state index contributed by atoms with van der Waals surface area (Å²) in [4.78, 5) is 22.8. The number of amides is 2. The fourth-order valence-electron chi connectivity index (χ4n) is 2.14. The van der Waals surface area contributed by atoms with Gasteiger partial charge in [0.25, 0.3) is 0 Å². The monoisotopic (exact) mass is 366 g/mol. The molecule has 2 rings (SSSR count). The van der Waals surface area contributed by atoms with E-state index in [1.165, 1.54) is 24.3 Å². The third-order valence-corrected chi connectivity index (χ3v) is 3.46. The van der Waals surface area contributed by atoms with Crippen LogP contribution in [0.1, 0.15) is 11.1 Å². The fourth-order valence-corrected chi connectivity index (χ4v) is 2.14. The fraction of sp³-hybridized carbons (Fsp3) is 0.222. The van der Waals surface area contributed by atoms with E-state index in [1.54, 1.807) is 36.7 Å². The van der Waals surface area contributed by atoms with Crippen molar-refractivity contribution < 1.29 is 27.5 Å². The molecule has 8 heteroatoms. The maximum absolute atomic E-state index is 12.2. The summed E-state index contributed by atoms with van der Waals surface area (Å²) in [6.45, 7) is 0.219. The van der Waals surface area contributed by atoms with E-state index >= 15 is 0 Å². The molecule has 0 bridgehead atoms. The summed E-state index contributed by atoms with van der Waals surface area (Å²) in [5.74, 6) is -1.57. The first-order chi connectivity index (χ1) is 12.3. The summed E-state index contributed by atoms with van der Waals surface area (Å²) in [6.07, 6.45) is -4.76. The van der Waals surface area contributed by atoms with Crippen LogP contribution in [0.3, 0.4) is 0 Å². The van der Waals surface area contributed by atoms with E-state index in [0.29, 0.717) is 11.3 Å². The van der Waals surface area contributed by atoms with Gasteiger partial charge < -0.3 is 15.4 Å². The molecule has 0 aliphatic rings. The molecule has 26 heavy (non-hydrogen) atoms. The van der Waals surface area contributed by atoms with Crippen LogP contribution in [-0.4, -0.2) is 25.1 Å². The first-order valence-corrected chi connectivity index (χ1v) is 7.64. The average molecular weight is 366 g/mol. The molecule has 0 spiro atoms. The third-order valence-electron chi connectivity index (χ3n) is 3.46. The molecule has 0 saturated heterocycles. The number of hydrogen-bond acceptors (Lipinski definition) is 3. The second-order valence-corrected chi connectivity index (χ2v) is 5.45.